The topological polar surface area (TPSA) is 89.5 Å². The Morgan fingerprint density at radius 2 is 2.15 bits per heavy atom. The number of rotatable bonds is 4. The molecule has 0 fully saturated rings. The quantitative estimate of drug-likeness (QED) is 0.773. The Morgan fingerprint density at radius 3 is 2.81 bits per heavy atom. The minimum Gasteiger partial charge on any atom is -0.493 e. The maximum absolute atomic E-state index is 14.0. The van der Waals surface area contributed by atoms with Gasteiger partial charge in [0.2, 0.25) is 5.96 Å². The number of hydrogen-bond acceptors (Lipinski definition) is 6. The van der Waals surface area contributed by atoms with E-state index >= 15 is 0 Å². The Balaban J connectivity index is 1.91. The van der Waals surface area contributed by atoms with Gasteiger partial charge in [0, 0.05) is 37.5 Å². The first-order chi connectivity index (χ1) is 12.3. The van der Waals surface area contributed by atoms with Crippen LogP contribution in [0.15, 0.2) is 41.3 Å². The molecule has 0 saturated heterocycles. The van der Waals surface area contributed by atoms with Gasteiger partial charge in [0.15, 0.2) is 11.6 Å². The molecule has 0 amide bonds. The van der Waals surface area contributed by atoms with Crippen molar-refractivity contribution in [1.82, 2.24) is 15.1 Å². The summed E-state index contributed by atoms with van der Waals surface area (Å²) in [7, 11) is 3.12. The number of halogens is 2. The molecule has 2 heterocycles. The first-order valence-corrected chi connectivity index (χ1v) is 7.91. The fourth-order valence-corrected chi connectivity index (χ4v) is 2.75. The van der Waals surface area contributed by atoms with Crippen LogP contribution >= 0.6 is 0 Å². The molecule has 0 aliphatic carbocycles. The van der Waals surface area contributed by atoms with Crippen molar-refractivity contribution in [2.75, 3.05) is 12.4 Å². The summed E-state index contributed by atoms with van der Waals surface area (Å²) in [4.78, 5) is 4.50. The molecular formula is C17H20F2N6O. The molecule has 1 aromatic heterocycles. The predicted molar refractivity (Wildman–Crippen MR) is 94.7 cm³/mol. The molecule has 138 valence electrons. The highest BCUT2D eigenvalue weighted by atomic mass is 19.1. The summed E-state index contributed by atoms with van der Waals surface area (Å²) < 4.78 is 34.3. The van der Waals surface area contributed by atoms with Crippen molar-refractivity contribution in [3.63, 3.8) is 0 Å². The van der Waals surface area contributed by atoms with Gasteiger partial charge in [-0.15, -0.1) is 0 Å². The maximum Gasteiger partial charge on any atom is 0.202 e. The summed E-state index contributed by atoms with van der Waals surface area (Å²) in [6.45, 7) is 1.79. The van der Waals surface area contributed by atoms with Crippen LogP contribution in [0.25, 0.3) is 0 Å². The van der Waals surface area contributed by atoms with Gasteiger partial charge in [0.25, 0.3) is 0 Å². The lowest BCUT2D eigenvalue weighted by atomic mass is 9.93. The van der Waals surface area contributed by atoms with Crippen molar-refractivity contribution in [2.24, 2.45) is 17.8 Å². The van der Waals surface area contributed by atoms with Crippen molar-refractivity contribution in [1.29, 1.82) is 0 Å². The number of aryl methyl sites for hydroxylation is 1. The summed E-state index contributed by atoms with van der Waals surface area (Å²) in [5.41, 5.74) is 6.99. The summed E-state index contributed by atoms with van der Waals surface area (Å²) >= 11 is 0. The molecular weight excluding hydrogens is 342 g/mol. The third-order valence-electron chi connectivity index (χ3n) is 4.14. The number of nitrogens with two attached hydrogens (primary N) is 1. The second-order valence-electron chi connectivity index (χ2n) is 6.14. The molecule has 1 atom stereocenters. The molecule has 0 radical (unpaired) electrons. The lowest BCUT2D eigenvalue weighted by Crippen LogP contribution is -2.48. The molecule has 2 aromatic rings. The Hall–Kier alpha value is -2.94. The SMILES string of the molecule is COc1c(F)cc(F)cc1CC1(N)N=C(Nc2cnn(C)c2)NC=C1C. The zero-order valence-electron chi connectivity index (χ0n) is 14.7. The van der Waals surface area contributed by atoms with Gasteiger partial charge in [0.05, 0.1) is 19.0 Å². The molecule has 7 nitrogen and oxygen atoms in total. The van der Waals surface area contributed by atoms with Crippen LogP contribution in [0.2, 0.25) is 0 Å². The van der Waals surface area contributed by atoms with E-state index in [-0.39, 0.29) is 12.2 Å². The molecule has 9 heteroatoms. The number of nitrogens with zero attached hydrogens (tertiary/aromatic N) is 3. The number of ether oxygens (including phenoxy) is 1. The molecule has 1 aromatic carbocycles. The number of anilines is 1. The van der Waals surface area contributed by atoms with Gasteiger partial charge in [-0.3, -0.25) is 4.68 Å². The van der Waals surface area contributed by atoms with Crippen molar-refractivity contribution in [3.8, 4) is 5.75 Å². The summed E-state index contributed by atoms with van der Waals surface area (Å²) in [6.07, 6.45) is 5.18. The van der Waals surface area contributed by atoms with Crippen molar-refractivity contribution >= 4 is 11.6 Å². The second-order valence-corrected chi connectivity index (χ2v) is 6.14. The number of benzene rings is 1. The van der Waals surface area contributed by atoms with E-state index in [1.54, 1.807) is 37.2 Å². The summed E-state index contributed by atoms with van der Waals surface area (Å²) in [6, 6.07) is 1.98. The lowest BCUT2D eigenvalue weighted by molar-refractivity contribution is 0.373. The average Bonchev–Trinajstić information content (AvgIpc) is 2.95. The highest BCUT2D eigenvalue weighted by molar-refractivity contribution is 5.95. The van der Waals surface area contributed by atoms with Gasteiger partial charge in [-0.25, -0.2) is 13.8 Å². The maximum atomic E-state index is 14.0. The number of guanidine groups is 1. The normalized spacial score (nSPS) is 19.5. The largest absolute Gasteiger partial charge is 0.493 e. The van der Waals surface area contributed by atoms with Crippen LogP contribution in [-0.2, 0) is 13.5 Å². The fourth-order valence-electron chi connectivity index (χ4n) is 2.75. The molecule has 0 spiro atoms. The van der Waals surface area contributed by atoms with Crippen LogP contribution in [0.4, 0.5) is 14.5 Å². The zero-order valence-corrected chi connectivity index (χ0v) is 14.7. The Morgan fingerprint density at radius 1 is 1.38 bits per heavy atom. The Labute approximate surface area is 149 Å². The van der Waals surface area contributed by atoms with E-state index in [2.05, 4.69) is 20.7 Å². The highest BCUT2D eigenvalue weighted by Gasteiger charge is 2.32. The molecule has 4 N–H and O–H groups in total. The minimum absolute atomic E-state index is 0.0421. The number of hydrogen-bond donors (Lipinski definition) is 3. The Kier molecular flexibility index (Phi) is 4.64. The molecule has 1 aliphatic rings. The first-order valence-electron chi connectivity index (χ1n) is 7.91. The third-order valence-corrected chi connectivity index (χ3v) is 4.14. The van der Waals surface area contributed by atoms with Crippen molar-refractivity contribution in [2.45, 2.75) is 19.0 Å². The summed E-state index contributed by atoms with van der Waals surface area (Å²) in [5.74, 6) is -1.11. The fraction of sp³-hybridized carbons (Fsp3) is 0.294. The van der Waals surface area contributed by atoms with Gasteiger partial charge in [-0.1, -0.05) is 0 Å². The van der Waals surface area contributed by atoms with E-state index in [0.29, 0.717) is 17.1 Å². The van der Waals surface area contributed by atoms with Crippen molar-refractivity contribution in [3.05, 3.63) is 53.5 Å². The van der Waals surface area contributed by atoms with Gasteiger partial charge < -0.3 is 21.1 Å². The van der Waals surface area contributed by atoms with Crippen LogP contribution in [-0.4, -0.2) is 28.5 Å². The number of aliphatic imine (C=N–C) groups is 1. The molecule has 0 saturated carbocycles. The van der Waals surface area contributed by atoms with Crippen LogP contribution in [0, 0.1) is 11.6 Å². The zero-order chi connectivity index (χ0) is 18.9. The number of aromatic nitrogens is 2. The Bertz CT molecular complexity index is 891. The number of methoxy groups -OCH3 is 1. The van der Waals surface area contributed by atoms with E-state index in [0.717, 1.165) is 11.8 Å². The minimum atomic E-state index is -1.19. The monoisotopic (exact) mass is 362 g/mol. The first kappa shape index (κ1) is 17.9. The third kappa shape index (κ3) is 3.52. The average molecular weight is 362 g/mol. The van der Waals surface area contributed by atoms with Crippen LogP contribution in [0.5, 0.6) is 5.75 Å². The lowest BCUT2D eigenvalue weighted by Gasteiger charge is -2.31. The van der Waals surface area contributed by atoms with Crippen LogP contribution < -0.4 is 21.1 Å². The standard InChI is InChI=1S/C17H20F2N6O/c1-10-7-21-16(23-13-8-22-25(2)9-13)24-17(10,20)6-11-4-12(18)5-14(19)15(11)26-3/h4-5,7-9H,6,20H2,1-3H3,(H2,21,23,24). The van der Waals surface area contributed by atoms with Gasteiger partial charge in [0.1, 0.15) is 11.5 Å². The van der Waals surface area contributed by atoms with E-state index in [4.69, 9.17) is 10.5 Å². The summed E-state index contributed by atoms with van der Waals surface area (Å²) in [5, 5.41) is 10.1. The molecule has 1 aliphatic heterocycles. The van der Waals surface area contributed by atoms with E-state index in [9.17, 15) is 8.78 Å². The van der Waals surface area contributed by atoms with E-state index < -0.39 is 17.3 Å². The molecule has 1 unspecified atom stereocenters. The highest BCUT2D eigenvalue weighted by Crippen LogP contribution is 2.31. The smallest absolute Gasteiger partial charge is 0.202 e. The molecule has 3 rings (SSSR count). The van der Waals surface area contributed by atoms with Crippen LogP contribution in [0.1, 0.15) is 12.5 Å². The number of nitrogens with one attached hydrogen (secondary N) is 2. The van der Waals surface area contributed by atoms with Gasteiger partial charge in [-0.2, -0.15) is 5.10 Å². The molecule has 26 heavy (non-hydrogen) atoms. The van der Waals surface area contributed by atoms with Crippen LogP contribution in [0.3, 0.4) is 0 Å². The van der Waals surface area contributed by atoms with E-state index in [1.165, 1.54) is 13.2 Å². The van der Waals surface area contributed by atoms with E-state index in [1.807, 2.05) is 0 Å². The van der Waals surface area contributed by atoms with Gasteiger partial charge in [-0.05, 0) is 18.6 Å². The molecule has 0 bridgehead atoms. The second kappa shape index (κ2) is 6.75. The van der Waals surface area contributed by atoms with Gasteiger partial charge >= 0.3 is 0 Å². The predicted octanol–water partition coefficient (Wildman–Crippen LogP) is 1.88. The van der Waals surface area contributed by atoms with Crippen molar-refractivity contribution < 1.29 is 13.5 Å².